The Morgan fingerprint density at radius 1 is 1.00 bits per heavy atom. The maximum atomic E-state index is 6.35. The van der Waals surface area contributed by atoms with Crippen molar-refractivity contribution in [3.63, 3.8) is 0 Å². The molecular weight excluding hydrogens is 366 g/mol. The number of aryl methyl sites for hydroxylation is 2. The van der Waals surface area contributed by atoms with Gasteiger partial charge in [-0.15, -0.1) is 5.10 Å². The van der Waals surface area contributed by atoms with E-state index in [1.165, 1.54) is 0 Å². The lowest BCUT2D eigenvalue weighted by Crippen LogP contribution is -2.15. The van der Waals surface area contributed by atoms with Crippen LogP contribution in [0, 0.1) is 13.8 Å². The first-order valence-corrected chi connectivity index (χ1v) is 8.86. The molecule has 1 aliphatic rings. The lowest BCUT2D eigenvalue weighted by Gasteiger charge is -2.19. The summed E-state index contributed by atoms with van der Waals surface area (Å²) in [5.74, 6) is 2.32. The Hall–Kier alpha value is -3.06. The molecule has 0 spiro atoms. The van der Waals surface area contributed by atoms with Gasteiger partial charge in [0.05, 0.1) is 16.9 Å². The molecule has 0 saturated heterocycles. The summed E-state index contributed by atoms with van der Waals surface area (Å²) in [4.78, 5) is 4.45. The molecule has 0 atom stereocenters. The second-order valence-corrected chi connectivity index (χ2v) is 6.62. The van der Waals surface area contributed by atoms with Gasteiger partial charge in [-0.2, -0.15) is 10.1 Å². The molecule has 0 bridgehead atoms. The largest absolute Gasteiger partial charge is 0.486 e. The monoisotopic (exact) mass is 383 g/mol. The number of nitrogens with one attached hydrogen (secondary N) is 2. The number of nitrogens with zero attached hydrogens (tertiary/aromatic N) is 3. The minimum atomic E-state index is 0.359. The molecule has 4 rings (SSSR count). The first-order valence-electron chi connectivity index (χ1n) is 8.49. The van der Waals surface area contributed by atoms with Crippen molar-refractivity contribution in [2.45, 2.75) is 13.8 Å². The number of benzene rings is 2. The molecule has 8 heteroatoms. The van der Waals surface area contributed by atoms with Crippen molar-refractivity contribution in [2.75, 3.05) is 23.8 Å². The minimum absolute atomic E-state index is 0.359. The molecule has 3 aromatic rings. The number of hydrogen-bond acceptors (Lipinski definition) is 7. The van der Waals surface area contributed by atoms with Gasteiger partial charge >= 0.3 is 0 Å². The van der Waals surface area contributed by atoms with Crippen molar-refractivity contribution < 1.29 is 9.47 Å². The average Bonchev–Trinajstić information content (AvgIpc) is 2.65. The van der Waals surface area contributed by atoms with Crippen LogP contribution in [-0.4, -0.2) is 28.4 Å². The smallest absolute Gasteiger partial charge is 0.249 e. The molecule has 2 heterocycles. The fraction of sp³-hybridized carbons (Fsp3) is 0.211. The standard InChI is InChI=1S/C19H18ClN5O2/c1-11-7-12(2)18(14(20)8-11)23-17-10-21-25-19(24-17)22-13-3-4-15-16(9-13)27-6-5-26-15/h3-4,7-10H,5-6H2,1-2H3,(H2,22,23,24,25). The van der Waals surface area contributed by atoms with Gasteiger partial charge in [0.1, 0.15) is 13.2 Å². The molecule has 0 unspecified atom stereocenters. The first kappa shape index (κ1) is 17.4. The Bertz CT molecular complexity index is 973. The molecule has 0 saturated carbocycles. The Morgan fingerprint density at radius 2 is 1.81 bits per heavy atom. The Labute approximate surface area is 161 Å². The zero-order valence-corrected chi connectivity index (χ0v) is 15.7. The highest BCUT2D eigenvalue weighted by atomic mass is 35.5. The van der Waals surface area contributed by atoms with Crippen molar-refractivity contribution >= 4 is 34.7 Å². The number of halogens is 1. The third kappa shape index (κ3) is 3.88. The van der Waals surface area contributed by atoms with Crippen LogP contribution in [0.15, 0.2) is 36.5 Å². The normalized spacial score (nSPS) is 12.6. The summed E-state index contributed by atoms with van der Waals surface area (Å²) in [6, 6.07) is 9.52. The number of anilines is 4. The summed E-state index contributed by atoms with van der Waals surface area (Å²) < 4.78 is 11.1. The predicted molar refractivity (Wildman–Crippen MR) is 105 cm³/mol. The van der Waals surface area contributed by atoms with E-state index in [2.05, 4.69) is 31.9 Å². The van der Waals surface area contributed by atoms with Crippen LogP contribution in [0.2, 0.25) is 5.02 Å². The van der Waals surface area contributed by atoms with E-state index in [0.29, 0.717) is 35.8 Å². The number of ether oxygens (including phenoxy) is 2. The highest BCUT2D eigenvalue weighted by Gasteiger charge is 2.13. The lowest BCUT2D eigenvalue weighted by molar-refractivity contribution is 0.171. The number of rotatable bonds is 4. The van der Waals surface area contributed by atoms with E-state index < -0.39 is 0 Å². The van der Waals surface area contributed by atoms with E-state index in [-0.39, 0.29) is 0 Å². The van der Waals surface area contributed by atoms with E-state index in [4.69, 9.17) is 21.1 Å². The van der Waals surface area contributed by atoms with Crippen LogP contribution in [0.1, 0.15) is 11.1 Å². The number of hydrogen-bond donors (Lipinski definition) is 2. The Balaban J connectivity index is 1.55. The second kappa shape index (κ2) is 7.28. The van der Waals surface area contributed by atoms with E-state index >= 15 is 0 Å². The van der Waals surface area contributed by atoms with Gasteiger partial charge in [-0.05, 0) is 43.2 Å². The van der Waals surface area contributed by atoms with Gasteiger partial charge in [0.15, 0.2) is 17.3 Å². The molecule has 2 N–H and O–H groups in total. The summed E-state index contributed by atoms with van der Waals surface area (Å²) in [6.45, 7) is 5.08. The lowest BCUT2D eigenvalue weighted by atomic mass is 10.1. The Morgan fingerprint density at radius 3 is 2.63 bits per heavy atom. The van der Waals surface area contributed by atoms with Crippen LogP contribution >= 0.6 is 11.6 Å². The quantitative estimate of drug-likeness (QED) is 0.690. The molecular formula is C19H18ClN5O2. The second-order valence-electron chi connectivity index (χ2n) is 6.21. The third-order valence-corrected chi connectivity index (χ3v) is 4.34. The summed E-state index contributed by atoms with van der Waals surface area (Å²) in [5, 5.41) is 15.0. The number of fused-ring (bicyclic) bond motifs is 1. The molecule has 0 fully saturated rings. The van der Waals surface area contributed by atoms with Gasteiger partial charge in [-0.1, -0.05) is 17.7 Å². The molecule has 0 amide bonds. The van der Waals surface area contributed by atoms with Crippen molar-refractivity contribution in [2.24, 2.45) is 0 Å². The predicted octanol–water partition coefficient (Wildman–Crippen LogP) is 4.40. The van der Waals surface area contributed by atoms with Gasteiger partial charge in [0, 0.05) is 11.8 Å². The Kier molecular flexibility index (Phi) is 4.68. The van der Waals surface area contributed by atoms with Crippen LogP contribution in [0.25, 0.3) is 0 Å². The zero-order valence-electron chi connectivity index (χ0n) is 14.9. The van der Waals surface area contributed by atoms with Crippen LogP contribution in [0.5, 0.6) is 11.5 Å². The molecule has 2 aromatic carbocycles. The van der Waals surface area contributed by atoms with Crippen LogP contribution in [0.3, 0.4) is 0 Å². The summed E-state index contributed by atoms with van der Waals surface area (Å²) in [7, 11) is 0. The van der Waals surface area contributed by atoms with Gasteiger partial charge in [0.25, 0.3) is 0 Å². The van der Waals surface area contributed by atoms with Gasteiger partial charge < -0.3 is 20.1 Å². The molecule has 1 aromatic heterocycles. The highest BCUT2D eigenvalue weighted by molar-refractivity contribution is 6.33. The van der Waals surface area contributed by atoms with E-state index in [9.17, 15) is 0 Å². The van der Waals surface area contributed by atoms with Gasteiger partial charge in [0.2, 0.25) is 5.95 Å². The first-order chi connectivity index (χ1) is 13.1. The maximum absolute atomic E-state index is 6.35. The van der Waals surface area contributed by atoms with Crippen molar-refractivity contribution in [3.05, 3.63) is 52.7 Å². The van der Waals surface area contributed by atoms with Crippen LogP contribution in [0.4, 0.5) is 23.1 Å². The average molecular weight is 384 g/mol. The van der Waals surface area contributed by atoms with E-state index in [1.807, 2.05) is 38.1 Å². The van der Waals surface area contributed by atoms with Crippen molar-refractivity contribution in [3.8, 4) is 11.5 Å². The molecule has 0 aliphatic carbocycles. The molecule has 0 radical (unpaired) electrons. The van der Waals surface area contributed by atoms with Gasteiger partial charge in [-0.3, -0.25) is 0 Å². The van der Waals surface area contributed by atoms with Crippen molar-refractivity contribution in [1.29, 1.82) is 0 Å². The zero-order chi connectivity index (χ0) is 18.8. The highest BCUT2D eigenvalue weighted by Crippen LogP contribution is 2.33. The fourth-order valence-electron chi connectivity index (χ4n) is 2.87. The van der Waals surface area contributed by atoms with Crippen molar-refractivity contribution in [1.82, 2.24) is 15.2 Å². The fourth-order valence-corrected chi connectivity index (χ4v) is 3.24. The molecule has 138 valence electrons. The summed E-state index contributed by atoms with van der Waals surface area (Å²) in [6.07, 6.45) is 1.55. The minimum Gasteiger partial charge on any atom is -0.486 e. The number of aromatic nitrogens is 3. The van der Waals surface area contributed by atoms with Gasteiger partial charge in [-0.25, -0.2) is 0 Å². The maximum Gasteiger partial charge on any atom is 0.249 e. The molecule has 27 heavy (non-hydrogen) atoms. The summed E-state index contributed by atoms with van der Waals surface area (Å²) >= 11 is 6.35. The van der Waals surface area contributed by atoms with E-state index in [1.54, 1.807) is 6.20 Å². The third-order valence-electron chi connectivity index (χ3n) is 4.04. The summed E-state index contributed by atoms with van der Waals surface area (Å²) in [5.41, 5.74) is 3.71. The van der Waals surface area contributed by atoms with E-state index in [0.717, 1.165) is 28.3 Å². The molecule has 1 aliphatic heterocycles. The SMILES string of the molecule is Cc1cc(C)c(Nc2cnnc(Nc3ccc4c(c3)OCCO4)n2)c(Cl)c1. The molecule has 7 nitrogen and oxygen atoms in total. The van der Waals surface area contributed by atoms with Crippen LogP contribution < -0.4 is 20.1 Å². The topological polar surface area (TPSA) is 81.2 Å². The van der Waals surface area contributed by atoms with Crippen LogP contribution in [-0.2, 0) is 0 Å².